The maximum Gasteiger partial charge on any atom is 0.407 e. The Bertz CT molecular complexity index is 722. The third-order valence-corrected chi connectivity index (χ3v) is 7.26. The van der Waals surface area contributed by atoms with Crippen molar-refractivity contribution in [2.24, 2.45) is 23.2 Å². The van der Waals surface area contributed by atoms with E-state index in [-0.39, 0.29) is 29.1 Å². The van der Waals surface area contributed by atoms with Crippen molar-refractivity contribution in [2.75, 3.05) is 19.8 Å². The molecule has 1 unspecified atom stereocenters. The summed E-state index contributed by atoms with van der Waals surface area (Å²) < 4.78 is 18.7. The molecule has 0 aromatic heterocycles. The number of fused-ring (bicyclic) bond motifs is 3. The molecule has 27 heavy (non-hydrogen) atoms. The third-order valence-electron chi connectivity index (χ3n) is 7.26. The van der Waals surface area contributed by atoms with E-state index in [1.54, 1.807) is 0 Å². The summed E-state index contributed by atoms with van der Waals surface area (Å²) in [7, 11) is 0. The highest BCUT2D eigenvalue weighted by atomic mass is 16.6. The van der Waals surface area contributed by atoms with E-state index in [1.165, 1.54) is 0 Å². The van der Waals surface area contributed by atoms with Gasteiger partial charge in [-0.05, 0) is 37.7 Å². The SMILES string of the molecule is CCCNC(=O)OCC12CO[C@@H]3c4ccccc4O[C@@](C)(C[C@H]1C)[C@@H]3[C@@H]2C. The van der Waals surface area contributed by atoms with Crippen LogP contribution in [0.1, 0.15) is 52.2 Å². The smallest absolute Gasteiger partial charge is 0.407 e. The first kappa shape index (κ1) is 18.6. The van der Waals surface area contributed by atoms with Gasteiger partial charge in [-0.3, -0.25) is 0 Å². The highest BCUT2D eigenvalue weighted by Crippen LogP contribution is 2.63. The Morgan fingerprint density at radius 3 is 2.89 bits per heavy atom. The van der Waals surface area contributed by atoms with Crippen LogP contribution in [-0.2, 0) is 9.47 Å². The van der Waals surface area contributed by atoms with Crippen molar-refractivity contribution in [2.45, 2.75) is 52.2 Å². The zero-order valence-electron chi connectivity index (χ0n) is 16.8. The van der Waals surface area contributed by atoms with Gasteiger partial charge in [-0.2, -0.15) is 0 Å². The van der Waals surface area contributed by atoms with E-state index in [0.29, 0.717) is 31.6 Å². The molecule has 148 valence electrons. The summed E-state index contributed by atoms with van der Waals surface area (Å²) in [6.45, 7) is 10.4. The van der Waals surface area contributed by atoms with Crippen LogP contribution in [0.4, 0.5) is 4.79 Å². The summed E-state index contributed by atoms with van der Waals surface area (Å²) in [6.07, 6.45) is 1.56. The maximum atomic E-state index is 12.0. The minimum atomic E-state index is -0.327. The molecule has 2 bridgehead atoms. The van der Waals surface area contributed by atoms with Gasteiger partial charge in [0.1, 0.15) is 18.0 Å². The standard InChI is InChI=1S/C22H31NO4/c1-5-10-23-20(24)26-13-22-12-25-19-16-8-6-7-9-17(16)27-21(4,11-14(22)2)18(19)15(22)3/h6-9,14-15,18-19H,5,10-13H2,1-4H3,(H,23,24)/t14-,15+,18-,19-,21+,22?/m1/s1. The van der Waals surface area contributed by atoms with Crippen molar-refractivity contribution in [1.82, 2.24) is 5.32 Å². The van der Waals surface area contributed by atoms with E-state index in [4.69, 9.17) is 14.2 Å². The second kappa shape index (κ2) is 6.69. The molecule has 4 rings (SSSR count). The number of benzene rings is 1. The van der Waals surface area contributed by atoms with Crippen LogP contribution >= 0.6 is 0 Å². The highest BCUT2D eigenvalue weighted by molar-refractivity contribution is 5.67. The molecule has 1 amide bonds. The van der Waals surface area contributed by atoms with E-state index in [1.807, 2.05) is 25.1 Å². The number of hydrogen-bond acceptors (Lipinski definition) is 4. The minimum Gasteiger partial charge on any atom is -0.487 e. The van der Waals surface area contributed by atoms with E-state index < -0.39 is 0 Å². The molecule has 1 aromatic rings. The van der Waals surface area contributed by atoms with Crippen molar-refractivity contribution >= 4 is 6.09 Å². The Labute approximate surface area is 161 Å². The van der Waals surface area contributed by atoms with Gasteiger partial charge in [0.05, 0.1) is 12.7 Å². The van der Waals surface area contributed by atoms with Crippen LogP contribution in [0.5, 0.6) is 5.75 Å². The van der Waals surface area contributed by atoms with Crippen molar-refractivity contribution in [3.05, 3.63) is 29.8 Å². The van der Waals surface area contributed by atoms with Crippen molar-refractivity contribution < 1.29 is 19.0 Å². The number of nitrogens with one attached hydrogen (secondary N) is 1. The Balaban J connectivity index is 1.61. The molecule has 1 aromatic carbocycles. The van der Waals surface area contributed by atoms with Crippen LogP contribution in [0.15, 0.2) is 24.3 Å². The summed E-state index contributed by atoms with van der Waals surface area (Å²) >= 11 is 0. The lowest BCUT2D eigenvalue weighted by Gasteiger charge is -2.63. The summed E-state index contributed by atoms with van der Waals surface area (Å²) in [6, 6.07) is 8.24. The number of para-hydroxylation sites is 1. The molecule has 1 aliphatic carbocycles. The van der Waals surface area contributed by atoms with Crippen LogP contribution in [-0.4, -0.2) is 31.5 Å². The third kappa shape index (κ3) is 2.82. The van der Waals surface area contributed by atoms with Crippen molar-refractivity contribution in [1.29, 1.82) is 0 Å². The molecule has 6 atom stereocenters. The number of rotatable bonds is 4. The zero-order chi connectivity index (χ0) is 19.2. The summed E-state index contributed by atoms with van der Waals surface area (Å²) in [5.74, 6) is 1.86. The molecule has 2 fully saturated rings. The van der Waals surface area contributed by atoms with Crippen LogP contribution < -0.4 is 10.1 Å². The Morgan fingerprint density at radius 2 is 2.11 bits per heavy atom. The Hall–Kier alpha value is -1.75. The van der Waals surface area contributed by atoms with Gasteiger partial charge in [0.25, 0.3) is 0 Å². The summed E-state index contributed by atoms with van der Waals surface area (Å²) in [4.78, 5) is 12.0. The zero-order valence-corrected chi connectivity index (χ0v) is 16.8. The highest BCUT2D eigenvalue weighted by Gasteiger charge is 2.64. The molecular formula is C22H31NO4. The van der Waals surface area contributed by atoms with Crippen LogP contribution in [0, 0.1) is 23.2 Å². The Morgan fingerprint density at radius 1 is 1.33 bits per heavy atom. The first-order valence-corrected chi connectivity index (χ1v) is 10.2. The molecule has 2 heterocycles. The fourth-order valence-electron chi connectivity index (χ4n) is 5.73. The van der Waals surface area contributed by atoms with Gasteiger partial charge in [0, 0.05) is 23.4 Å². The fraction of sp³-hybridized carbons (Fsp3) is 0.682. The number of carbonyl (C=O) groups excluding carboxylic acids is 1. The molecule has 1 saturated heterocycles. The maximum absolute atomic E-state index is 12.0. The predicted molar refractivity (Wildman–Crippen MR) is 103 cm³/mol. The quantitative estimate of drug-likeness (QED) is 0.854. The van der Waals surface area contributed by atoms with Gasteiger partial charge in [0.15, 0.2) is 0 Å². The average Bonchev–Trinajstić information content (AvgIpc) is 2.64. The van der Waals surface area contributed by atoms with Gasteiger partial charge in [0.2, 0.25) is 0 Å². The van der Waals surface area contributed by atoms with Gasteiger partial charge >= 0.3 is 6.09 Å². The number of amides is 1. The van der Waals surface area contributed by atoms with Gasteiger partial charge in [-0.15, -0.1) is 0 Å². The molecule has 1 saturated carbocycles. The minimum absolute atomic E-state index is 0.0458. The molecule has 5 heteroatoms. The van der Waals surface area contributed by atoms with E-state index >= 15 is 0 Å². The van der Waals surface area contributed by atoms with Gasteiger partial charge < -0.3 is 19.5 Å². The lowest BCUT2D eigenvalue weighted by Crippen LogP contribution is -2.66. The molecule has 5 nitrogen and oxygen atoms in total. The van der Waals surface area contributed by atoms with Crippen molar-refractivity contribution in [3.8, 4) is 5.75 Å². The summed E-state index contributed by atoms with van der Waals surface area (Å²) in [5, 5.41) is 2.81. The van der Waals surface area contributed by atoms with Crippen molar-refractivity contribution in [3.63, 3.8) is 0 Å². The monoisotopic (exact) mass is 373 g/mol. The number of ether oxygens (including phenoxy) is 3. The number of hydrogen-bond donors (Lipinski definition) is 1. The normalized spacial score (nSPS) is 39.1. The molecule has 1 N–H and O–H groups in total. The first-order valence-electron chi connectivity index (χ1n) is 10.2. The number of alkyl carbamates (subject to hydrolysis) is 1. The first-order chi connectivity index (χ1) is 12.9. The van der Waals surface area contributed by atoms with E-state index in [9.17, 15) is 4.79 Å². The Kier molecular flexibility index (Phi) is 4.61. The second-order valence-corrected chi connectivity index (χ2v) is 8.84. The molecule has 2 aliphatic heterocycles. The van der Waals surface area contributed by atoms with Gasteiger partial charge in [-0.25, -0.2) is 4.79 Å². The van der Waals surface area contributed by atoms with Crippen LogP contribution in [0.2, 0.25) is 0 Å². The molecule has 0 radical (unpaired) electrons. The van der Waals surface area contributed by atoms with E-state index in [2.05, 4.69) is 32.2 Å². The largest absolute Gasteiger partial charge is 0.487 e. The topological polar surface area (TPSA) is 56.8 Å². The number of carbonyl (C=O) groups is 1. The molecule has 3 aliphatic rings. The predicted octanol–water partition coefficient (Wildman–Crippen LogP) is 4.32. The average molecular weight is 373 g/mol. The fourth-order valence-corrected chi connectivity index (χ4v) is 5.73. The van der Waals surface area contributed by atoms with Crippen LogP contribution in [0.25, 0.3) is 0 Å². The van der Waals surface area contributed by atoms with E-state index in [0.717, 1.165) is 24.2 Å². The lowest BCUT2D eigenvalue weighted by molar-refractivity contribution is -0.259. The van der Waals surface area contributed by atoms with Crippen LogP contribution in [0.3, 0.4) is 0 Å². The molecule has 0 spiro atoms. The lowest BCUT2D eigenvalue weighted by atomic mass is 9.50. The van der Waals surface area contributed by atoms with Gasteiger partial charge in [-0.1, -0.05) is 39.0 Å². The molecular weight excluding hydrogens is 342 g/mol. The second-order valence-electron chi connectivity index (χ2n) is 8.84. The summed E-state index contributed by atoms with van der Waals surface area (Å²) in [5.41, 5.74) is 0.725.